The van der Waals surface area contributed by atoms with Gasteiger partial charge in [-0.2, -0.15) is 0 Å². The highest BCUT2D eigenvalue weighted by atomic mass is 35.5. The summed E-state index contributed by atoms with van der Waals surface area (Å²) in [5.41, 5.74) is 2.70. The summed E-state index contributed by atoms with van der Waals surface area (Å²) in [5, 5.41) is 6.37. The van der Waals surface area contributed by atoms with Crippen molar-refractivity contribution >= 4 is 34.6 Å². The fourth-order valence-electron chi connectivity index (χ4n) is 2.28. The van der Waals surface area contributed by atoms with Crippen LogP contribution < -0.4 is 10.6 Å². The third-order valence-electron chi connectivity index (χ3n) is 3.66. The molecule has 0 unspecified atom stereocenters. The Balaban J connectivity index is 1.80. The monoisotopic (exact) mass is 355 g/mol. The van der Waals surface area contributed by atoms with Gasteiger partial charge in [0.25, 0.3) is 5.91 Å². The molecule has 0 fully saturated rings. The van der Waals surface area contributed by atoms with Crippen molar-refractivity contribution in [3.63, 3.8) is 0 Å². The van der Waals surface area contributed by atoms with E-state index in [-0.39, 0.29) is 11.4 Å². The second-order valence-corrected chi connectivity index (χ2v) is 5.81. The number of pyridine rings is 1. The van der Waals surface area contributed by atoms with E-state index in [1.807, 2.05) is 25.1 Å². The van der Waals surface area contributed by atoms with Crippen LogP contribution in [0.5, 0.6) is 0 Å². The fourth-order valence-corrected chi connectivity index (χ4v) is 2.45. The SMILES string of the molecule is Cc1c(Cl)cccc1Nc1ccnc(C(=O)Nc2ccccc2F)c1. The molecule has 126 valence electrons. The van der Waals surface area contributed by atoms with Gasteiger partial charge in [0, 0.05) is 22.6 Å². The molecule has 1 heterocycles. The molecule has 0 aliphatic heterocycles. The average molecular weight is 356 g/mol. The van der Waals surface area contributed by atoms with Gasteiger partial charge in [0.1, 0.15) is 11.5 Å². The minimum absolute atomic E-state index is 0.110. The van der Waals surface area contributed by atoms with Gasteiger partial charge in [0.05, 0.1) is 5.69 Å². The van der Waals surface area contributed by atoms with Crippen LogP contribution in [0, 0.1) is 12.7 Å². The first kappa shape index (κ1) is 16.9. The van der Waals surface area contributed by atoms with Crippen LogP contribution in [0.1, 0.15) is 16.1 Å². The number of carbonyl (C=O) groups is 1. The number of carbonyl (C=O) groups excluding carboxylic acids is 1. The predicted molar refractivity (Wildman–Crippen MR) is 98.1 cm³/mol. The van der Waals surface area contributed by atoms with Crippen LogP contribution in [0.4, 0.5) is 21.5 Å². The Kier molecular flexibility index (Phi) is 4.95. The summed E-state index contributed by atoms with van der Waals surface area (Å²) in [6.45, 7) is 1.90. The normalized spacial score (nSPS) is 10.4. The lowest BCUT2D eigenvalue weighted by molar-refractivity contribution is 0.102. The Morgan fingerprint density at radius 3 is 2.64 bits per heavy atom. The van der Waals surface area contributed by atoms with Gasteiger partial charge in [-0.15, -0.1) is 0 Å². The molecule has 1 amide bonds. The molecule has 0 aliphatic rings. The van der Waals surface area contributed by atoms with E-state index in [1.54, 1.807) is 24.3 Å². The van der Waals surface area contributed by atoms with Crippen molar-refractivity contribution in [2.24, 2.45) is 0 Å². The molecule has 0 spiro atoms. The van der Waals surface area contributed by atoms with Crippen LogP contribution in [0.2, 0.25) is 5.02 Å². The molecule has 3 aromatic rings. The zero-order valence-electron chi connectivity index (χ0n) is 13.4. The highest BCUT2D eigenvalue weighted by Crippen LogP contribution is 2.26. The van der Waals surface area contributed by atoms with Crippen molar-refractivity contribution in [2.75, 3.05) is 10.6 Å². The zero-order chi connectivity index (χ0) is 17.8. The van der Waals surface area contributed by atoms with Gasteiger partial charge in [0.15, 0.2) is 0 Å². The van der Waals surface area contributed by atoms with E-state index < -0.39 is 11.7 Å². The molecule has 0 radical (unpaired) electrons. The summed E-state index contributed by atoms with van der Waals surface area (Å²) in [7, 11) is 0. The number of nitrogens with zero attached hydrogens (tertiary/aromatic N) is 1. The van der Waals surface area contributed by atoms with Gasteiger partial charge in [-0.3, -0.25) is 9.78 Å². The molecule has 0 saturated carbocycles. The maximum absolute atomic E-state index is 13.7. The summed E-state index contributed by atoms with van der Waals surface area (Å²) >= 11 is 6.11. The number of rotatable bonds is 4. The molecule has 2 N–H and O–H groups in total. The number of aromatic nitrogens is 1. The summed E-state index contributed by atoms with van der Waals surface area (Å²) in [5.74, 6) is -0.990. The molecule has 6 heteroatoms. The number of halogens is 2. The van der Waals surface area contributed by atoms with Crippen LogP contribution in [0.3, 0.4) is 0 Å². The minimum atomic E-state index is -0.500. The lowest BCUT2D eigenvalue weighted by atomic mass is 10.2. The molecule has 3 rings (SSSR count). The van der Waals surface area contributed by atoms with E-state index in [1.165, 1.54) is 18.3 Å². The molecular formula is C19H15ClFN3O. The first-order valence-corrected chi connectivity index (χ1v) is 7.96. The van der Waals surface area contributed by atoms with Crippen LogP contribution in [0.25, 0.3) is 0 Å². The largest absolute Gasteiger partial charge is 0.355 e. The average Bonchev–Trinajstić information content (AvgIpc) is 2.61. The van der Waals surface area contributed by atoms with E-state index in [0.29, 0.717) is 10.7 Å². The molecule has 4 nitrogen and oxygen atoms in total. The predicted octanol–water partition coefficient (Wildman–Crippen LogP) is 5.18. The van der Waals surface area contributed by atoms with Crippen molar-refractivity contribution in [1.82, 2.24) is 4.98 Å². The Bertz CT molecular complexity index is 930. The Labute approximate surface area is 149 Å². The first-order valence-electron chi connectivity index (χ1n) is 7.58. The highest BCUT2D eigenvalue weighted by molar-refractivity contribution is 6.31. The van der Waals surface area contributed by atoms with E-state index >= 15 is 0 Å². The van der Waals surface area contributed by atoms with E-state index in [9.17, 15) is 9.18 Å². The van der Waals surface area contributed by atoms with Crippen LogP contribution >= 0.6 is 11.6 Å². The molecule has 2 aromatic carbocycles. The van der Waals surface area contributed by atoms with Gasteiger partial charge in [-0.1, -0.05) is 29.8 Å². The number of hydrogen-bond acceptors (Lipinski definition) is 3. The standard InChI is InChI=1S/C19H15ClFN3O/c1-12-14(20)5-4-8-16(12)23-13-9-10-22-18(11-13)19(25)24-17-7-3-2-6-15(17)21/h2-11H,1H3,(H,22,23)(H,24,25). The van der Waals surface area contributed by atoms with E-state index in [4.69, 9.17) is 11.6 Å². The Morgan fingerprint density at radius 1 is 1.08 bits per heavy atom. The van der Waals surface area contributed by atoms with Gasteiger partial charge < -0.3 is 10.6 Å². The van der Waals surface area contributed by atoms with Crippen LogP contribution in [-0.2, 0) is 0 Å². The lowest BCUT2D eigenvalue weighted by Crippen LogP contribution is -2.14. The Morgan fingerprint density at radius 2 is 1.84 bits per heavy atom. The second kappa shape index (κ2) is 7.32. The summed E-state index contributed by atoms with van der Waals surface area (Å²) in [4.78, 5) is 16.3. The van der Waals surface area contributed by atoms with Crippen molar-refractivity contribution in [1.29, 1.82) is 0 Å². The molecule has 0 saturated heterocycles. The van der Waals surface area contributed by atoms with Crippen molar-refractivity contribution in [2.45, 2.75) is 6.92 Å². The minimum Gasteiger partial charge on any atom is -0.355 e. The topological polar surface area (TPSA) is 54.0 Å². The molecule has 0 aliphatic carbocycles. The smallest absolute Gasteiger partial charge is 0.274 e. The maximum Gasteiger partial charge on any atom is 0.274 e. The zero-order valence-corrected chi connectivity index (χ0v) is 14.1. The molecule has 1 aromatic heterocycles. The van der Waals surface area contributed by atoms with Crippen molar-refractivity contribution < 1.29 is 9.18 Å². The molecule has 25 heavy (non-hydrogen) atoms. The number of benzene rings is 2. The number of amides is 1. The highest BCUT2D eigenvalue weighted by Gasteiger charge is 2.11. The first-order chi connectivity index (χ1) is 12.0. The summed E-state index contributed by atoms with van der Waals surface area (Å²) < 4.78 is 13.7. The summed E-state index contributed by atoms with van der Waals surface area (Å²) in [6.07, 6.45) is 1.51. The van der Waals surface area contributed by atoms with E-state index in [0.717, 1.165) is 11.3 Å². The second-order valence-electron chi connectivity index (χ2n) is 5.40. The van der Waals surface area contributed by atoms with Gasteiger partial charge in [0.2, 0.25) is 0 Å². The number of para-hydroxylation sites is 1. The van der Waals surface area contributed by atoms with Gasteiger partial charge in [-0.05, 0) is 48.9 Å². The molecule has 0 atom stereocenters. The quantitative estimate of drug-likeness (QED) is 0.678. The van der Waals surface area contributed by atoms with Crippen LogP contribution in [0.15, 0.2) is 60.8 Å². The van der Waals surface area contributed by atoms with Crippen molar-refractivity contribution in [3.05, 3.63) is 82.9 Å². The van der Waals surface area contributed by atoms with Gasteiger partial charge >= 0.3 is 0 Å². The van der Waals surface area contributed by atoms with Crippen LogP contribution in [-0.4, -0.2) is 10.9 Å². The Hall–Kier alpha value is -2.92. The lowest BCUT2D eigenvalue weighted by Gasteiger charge is -2.11. The van der Waals surface area contributed by atoms with Gasteiger partial charge in [-0.25, -0.2) is 4.39 Å². The number of hydrogen-bond donors (Lipinski definition) is 2. The third-order valence-corrected chi connectivity index (χ3v) is 4.07. The number of anilines is 3. The summed E-state index contributed by atoms with van der Waals surface area (Å²) in [6, 6.07) is 14.8. The molecule has 0 bridgehead atoms. The fraction of sp³-hybridized carbons (Fsp3) is 0.0526. The number of nitrogens with one attached hydrogen (secondary N) is 2. The van der Waals surface area contributed by atoms with E-state index in [2.05, 4.69) is 15.6 Å². The maximum atomic E-state index is 13.7. The third kappa shape index (κ3) is 3.95. The molecular weight excluding hydrogens is 341 g/mol. The van der Waals surface area contributed by atoms with Crippen molar-refractivity contribution in [3.8, 4) is 0 Å².